The van der Waals surface area contributed by atoms with Gasteiger partial charge in [-0.05, 0) is 26.7 Å². The lowest BCUT2D eigenvalue weighted by molar-refractivity contribution is -0.168. The molecule has 2 aliphatic rings. The molecule has 2 heterocycles. The molecule has 1 N–H and O–H groups in total. The smallest absolute Gasteiger partial charge is 0.334 e. The molecule has 2 rings (SSSR count). The molecule has 0 aliphatic carbocycles. The lowest BCUT2D eigenvalue weighted by Gasteiger charge is -2.39. The van der Waals surface area contributed by atoms with Crippen LogP contribution in [0.5, 0.6) is 0 Å². The molecule has 3 atom stereocenters. The number of carbonyl (C=O) groups excluding carboxylic acids is 1. The second kappa shape index (κ2) is 7.14. The molecule has 1 amide bonds. The van der Waals surface area contributed by atoms with E-state index in [2.05, 4.69) is 0 Å². The third-order valence-corrected chi connectivity index (χ3v) is 6.19. The molecule has 0 radical (unpaired) electrons. The van der Waals surface area contributed by atoms with E-state index in [0.29, 0.717) is 25.9 Å². The van der Waals surface area contributed by atoms with Crippen molar-refractivity contribution >= 4 is 21.9 Å². The Balaban J connectivity index is 2.05. The van der Waals surface area contributed by atoms with Crippen molar-refractivity contribution in [2.75, 3.05) is 31.9 Å². The fraction of sp³-hybridized carbons (Fsp3) is 0.857. The minimum atomic E-state index is -3.31. The van der Waals surface area contributed by atoms with Gasteiger partial charge >= 0.3 is 5.97 Å². The Kier molecular flexibility index (Phi) is 5.64. The zero-order chi connectivity index (χ0) is 17.2. The van der Waals surface area contributed by atoms with Crippen LogP contribution >= 0.6 is 0 Å². The summed E-state index contributed by atoms with van der Waals surface area (Å²) in [6, 6.07) is 0. The fourth-order valence-electron chi connectivity index (χ4n) is 3.11. The molecule has 0 aromatic heterocycles. The third kappa shape index (κ3) is 4.21. The van der Waals surface area contributed by atoms with Crippen LogP contribution in [0.2, 0.25) is 0 Å². The van der Waals surface area contributed by atoms with Crippen molar-refractivity contribution in [3.8, 4) is 0 Å². The lowest BCUT2D eigenvalue weighted by Crippen LogP contribution is -2.55. The molecule has 2 saturated heterocycles. The van der Waals surface area contributed by atoms with Crippen LogP contribution < -0.4 is 0 Å². The van der Waals surface area contributed by atoms with Gasteiger partial charge in [-0.25, -0.2) is 17.5 Å². The van der Waals surface area contributed by atoms with E-state index in [1.54, 1.807) is 13.8 Å². The number of carboxylic acids is 1. The monoisotopic (exact) mass is 348 g/mol. The number of hydrogen-bond acceptors (Lipinski definition) is 5. The van der Waals surface area contributed by atoms with Crippen molar-refractivity contribution < 1.29 is 27.9 Å². The maximum Gasteiger partial charge on any atom is 0.334 e. The van der Waals surface area contributed by atoms with Gasteiger partial charge in [0, 0.05) is 19.6 Å². The van der Waals surface area contributed by atoms with Crippen LogP contribution in [0.1, 0.15) is 26.7 Å². The van der Waals surface area contributed by atoms with Gasteiger partial charge in [-0.2, -0.15) is 0 Å². The van der Waals surface area contributed by atoms with E-state index >= 15 is 0 Å². The number of hydrogen-bond donors (Lipinski definition) is 1. The van der Waals surface area contributed by atoms with Crippen LogP contribution in [0.25, 0.3) is 0 Å². The SMILES string of the molecule is CCS(=O)(=O)N1CCCC(C(=O)N2CC(C(=O)O)O[C@H](C)C2)C1. The number of sulfonamides is 1. The van der Waals surface area contributed by atoms with E-state index in [9.17, 15) is 18.0 Å². The van der Waals surface area contributed by atoms with Gasteiger partial charge in [0.15, 0.2) is 6.10 Å². The van der Waals surface area contributed by atoms with Crippen molar-refractivity contribution in [3.05, 3.63) is 0 Å². The van der Waals surface area contributed by atoms with E-state index < -0.39 is 28.0 Å². The van der Waals surface area contributed by atoms with Crippen LogP contribution in [0.3, 0.4) is 0 Å². The summed E-state index contributed by atoms with van der Waals surface area (Å²) in [6.45, 7) is 4.27. The number of rotatable bonds is 4. The Labute approximate surface area is 136 Å². The van der Waals surface area contributed by atoms with Gasteiger partial charge in [-0.1, -0.05) is 0 Å². The van der Waals surface area contributed by atoms with Gasteiger partial charge in [0.1, 0.15) is 0 Å². The molecule has 0 saturated carbocycles. The highest BCUT2D eigenvalue weighted by molar-refractivity contribution is 7.89. The molecule has 0 spiro atoms. The normalized spacial score (nSPS) is 30.2. The number of piperidine rings is 1. The van der Waals surface area contributed by atoms with Crippen LogP contribution in [0.4, 0.5) is 0 Å². The molecule has 132 valence electrons. The van der Waals surface area contributed by atoms with Gasteiger partial charge in [-0.3, -0.25) is 4.79 Å². The second-order valence-corrected chi connectivity index (χ2v) is 8.37. The molecule has 2 aliphatic heterocycles. The molecular weight excluding hydrogens is 324 g/mol. The highest BCUT2D eigenvalue weighted by atomic mass is 32.2. The average Bonchev–Trinajstić information content (AvgIpc) is 2.53. The summed E-state index contributed by atoms with van der Waals surface area (Å²) >= 11 is 0. The Morgan fingerprint density at radius 2 is 1.96 bits per heavy atom. The quantitative estimate of drug-likeness (QED) is 0.751. The van der Waals surface area contributed by atoms with Crippen LogP contribution in [-0.2, 0) is 24.3 Å². The van der Waals surface area contributed by atoms with E-state index in [1.807, 2.05) is 0 Å². The largest absolute Gasteiger partial charge is 0.479 e. The molecule has 0 aromatic rings. The molecule has 0 aromatic carbocycles. The molecule has 2 unspecified atom stereocenters. The summed E-state index contributed by atoms with van der Waals surface area (Å²) in [4.78, 5) is 25.3. The van der Waals surface area contributed by atoms with Crippen LogP contribution in [-0.4, -0.2) is 78.7 Å². The summed E-state index contributed by atoms with van der Waals surface area (Å²) in [5.74, 6) is -1.66. The van der Waals surface area contributed by atoms with E-state index in [0.717, 1.165) is 0 Å². The number of carbonyl (C=O) groups is 2. The minimum Gasteiger partial charge on any atom is -0.479 e. The molecule has 23 heavy (non-hydrogen) atoms. The molecule has 0 bridgehead atoms. The summed E-state index contributed by atoms with van der Waals surface area (Å²) in [6.07, 6.45) is -0.120. The van der Waals surface area contributed by atoms with E-state index in [-0.39, 0.29) is 30.9 Å². The Bertz CT molecular complexity index is 564. The molecule has 9 heteroatoms. The zero-order valence-electron chi connectivity index (χ0n) is 13.5. The maximum atomic E-state index is 12.7. The van der Waals surface area contributed by atoms with Gasteiger partial charge in [-0.15, -0.1) is 0 Å². The number of nitrogens with zero attached hydrogens (tertiary/aromatic N) is 2. The Morgan fingerprint density at radius 3 is 2.57 bits per heavy atom. The number of amides is 1. The number of ether oxygens (including phenoxy) is 1. The van der Waals surface area contributed by atoms with Gasteiger partial charge in [0.25, 0.3) is 0 Å². The van der Waals surface area contributed by atoms with Crippen molar-refractivity contribution in [1.82, 2.24) is 9.21 Å². The predicted octanol–water partition coefficient (Wildman–Crippen LogP) is -0.251. The highest BCUT2D eigenvalue weighted by Crippen LogP contribution is 2.23. The van der Waals surface area contributed by atoms with Gasteiger partial charge in [0.05, 0.1) is 24.3 Å². The predicted molar refractivity (Wildman–Crippen MR) is 82.3 cm³/mol. The number of morpholine rings is 1. The Morgan fingerprint density at radius 1 is 1.26 bits per heavy atom. The first-order valence-electron chi connectivity index (χ1n) is 7.89. The van der Waals surface area contributed by atoms with Crippen LogP contribution in [0.15, 0.2) is 0 Å². The van der Waals surface area contributed by atoms with E-state index in [1.165, 1.54) is 9.21 Å². The van der Waals surface area contributed by atoms with Crippen molar-refractivity contribution in [2.45, 2.75) is 38.9 Å². The van der Waals surface area contributed by atoms with Gasteiger partial charge < -0.3 is 14.7 Å². The van der Waals surface area contributed by atoms with Crippen molar-refractivity contribution in [3.63, 3.8) is 0 Å². The Hall–Kier alpha value is -1.19. The number of aliphatic carboxylic acids is 1. The van der Waals surface area contributed by atoms with Gasteiger partial charge in [0.2, 0.25) is 15.9 Å². The molecule has 2 fully saturated rings. The third-order valence-electron chi connectivity index (χ3n) is 4.34. The van der Waals surface area contributed by atoms with Crippen LogP contribution in [0, 0.1) is 5.92 Å². The first-order chi connectivity index (χ1) is 10.7. The standard InChI is InChI=1S/C14H24N2O6S/c1-3-23(20,21)16-6-4-5-11(8-16)13(17)15-7-10(2)22-12(9-15)14(18)19/h10-12H,3-9H2,1-2H3,(H,18,19)/t10-,11?,12?/m1/s1. The highest BCUT2D eigenvalue weighted by Gasteiger charge is 2.38. The second-order valence-electron chi connectivity index (χ2n) is 6.11. The summed E-state index contributed by atoms with van der Waals surface area (Å²) < 4.78 is 30.7. The number of carboxylic acid groups (broad SMARTS) is 1. The molecule has 8 nitrogen and oxygen atoms in total. The zero-order valence-corrected chi connectivity index (χ0v) is 14.3. The summed E-state index contributed by atoms with van der Waals surface area (Å²) in [5, 5.41) is 9.10. The first-order valence-corrected chi connectivity index (χ1v) is 9.50. The minimum absolute atomic E-state index is 0.00946. The lowest BCUT2D eigenvalue weighted by atomic mass is 9.97. The van der Waals surface area contributed by atoms with Crippen molar-refractivity contribution in [1.29, 1.82) is 0 Å². The summed E-state index contributed by atoms with van der Waals surface area (Å²) in [5.41, 5.74) is 0. The first kappa shape index (κ1) is 18.2. The summed E-state index contributed by atoms with van der Waals surface area (Å²) in [7, 11) is -3.31. The van der Waals surface area contributed by atoms with E-state index in [4.69, 9.17) is 9.84 Å². The average molecular weight is 348 g/mol. The fourth-order valence-corrected chi connectivity index (χ4v) is 4.28. The molecular formula is C14H24N2O6S. The topological polar surface area (TPSA) is 104 Å². The van der Waals surface area contributed by atoms with Crippen molar-refractivity contribution in [2.24, 2.45) is 5.92 Å². The maximum absolute atomic E-state index is 12.7.